The van der Waals surface area contributed by atoms with Gasteiger partial charge in [0.25, 0.3) is 0 Å². The van der Waals surface area contributed by atoms with Gasteiger partial charge >= 0.3 is 115 Å². The molecule has 4 rings (SSSR count). The minimum absolute atomic E-state index is 0. The second-order valence-electron chi connectivity index (χ2n) is 5.75. The van der Waals surface area contributed by atoms with Crippen LogP contribution in [0.4, 0.5) is 0 Å². The molecular formula is C20H12K2N2O4+2. The van der Waals surface area contributed by atoms with Gasteiger partial charge in [-0.3, -0.25) is 0 Å². The van der Waals surface area contributed by atoms with Gasteiger partial charge in [-0.1, -0.05) is 36.4 Å². The van der Waals surface area contributed by atoms with E-state index in [-0.39, 0.29) is 114 Å². The summed E-state index contributed by atoms with van der Waals surface area (Å²) >= 11 is 0. The van der Waals surface area contributed by atoms with Crippen LogP contribution in [0.5, 0.6) is 0 Å². The summed E-state index contributed by atoms with van der Waals surface area (Å²) < 4.78 is 0. The Morgan fingerprint density at radius 1 is 0.643 bits per heavy atom. The van der Waals surface area contributed by atoms with Gasteiger partial charge in [0.15, 0.2) is 0 Å². The van der Waals surface area contributed by atoms with Crippen molar-refractivity contribution in [3.8, 4) is 11.4 Å². The number of pyridine rings is 2. The summed E-state index contributed by atoms with van der Waals surface area (Å²) in [4.78, 5) is 32.2. The Bertz CT molecular complexity index is 1120. The largest absolute Gasteiger partial charge is 1.00 e. The third-order valence-corrected chi connectivity index (χ3v) is 4.16. The van der Waals surface area contributed by atoms with E-state index in [4.69, 9.17) is 0 Å². The van der Waals surface area contributed by atoms with Gasteiger partial charge in [0.05, 0.1) is 33.5 Å². The molecule has 0 fully saturated rings. The summed E-state index contributed by atoms with van der Waals surface area (Å²) in [5.74, 6) is -2.16. The van der Waals surface area contributed by atoms with Gasteiger partial charge in [0, 0.05) is 10.8 Å². The Hall–Kier alpha value is -0.527. The monoisotopic (exact) mass is 422 g/mol. The van der Waals surface area contributed by atoms with Gasteiger partial charge in [-0.05, 0) is 24.3 Å². The van der Waals surface area contributed by atoms with Gasteiger partial charge in [0.2, 0.25) is 0 Å². The van der Waals surface area contributed by atoms with Crippen molar-refractivity contribution in [1.82, 2.24) is 9.97 Å². The van der Waals surface area contributed by atoms with Crippen molar-refractivity contribution < 1.29 is 123 Å². The summed E-state index contributed by atoms with van der Waals surface area (Å²) in [5, 5.41) is 20.1. The van der Waals surface area contributed by atoms with Crippen LogP contribution in [-0.4, -0.2) is 32.1 Å². The molecule has 0 atom stereocenters. The van der Waals surface area contributed by atoms with Crippen LogP contribution in [0.2, 0.25) is 0 Å². The summed E-state index contributed by atoms with van der Waals surface area (Å²) in [6, 6.07) is 16.7. The molecule has 0 aliphatic rings. The Morgan fingerprint density at radius 2 is 1.00 bits per heavy atom. The van der Waals surface area contributed by atoms with Crippen LogP contribution in [0.3, 0.4) is 0 Å². The van der Waals surface area contributed by atoms with Gasteiger partial charge in [-0.15, -0.1) is 0 Å². The zero-order valence-corrected chi connectivity index (χ0v) is 21.6. The van der Waals surface area contributed by atoms with Crippen molar-refractivity contribution in [3.05, 3.63) is 71.8 Å². The van der Waals surface area contributed by atoms with E-state index in [9.17, 15) is 19.8 Å². The number of fused-ring (bicyclic) bond motifs is 2. The first-order valence-electron chi connectivity index (χ1n) is 7.81. The number of benzene rings is 2. The third kappa shape index (κ3) is 4.62. The Balaban J connectivity index is 0.00000140. The minimum Gasteiger partial charge on any atom is -0.478 e. The number of para-hydroxylation sites is 2. The van der Waals surface area contributed by atoms with Gasteiger partial charge < -0.3 is 10.2 Å². The number of carboxylic acids is 2. The molecule has 0 aliphatic heterocycles. The zero-order chi connectivity index (χ0) is 18.3. The maximum Gasteiger partial charge on any atom is 1.00 e. The van der Waals surface area contributed by atoms with Gasteiger partial charge in [0.1, 0.15) is 0 Å². The molecule has 2 aromatic carbocycles. The van der Waals surface area contributed by atoms with Gasteiger partial charge in [-0.25, -0.2) is 19.6 Å². The normalized spacial score (nSPS) is 10.1. The van der Waals surface area contributed by atoms with E-state index in [2.05, 4.69) is 9.97 Å². The molecule has 0 spiro atoms. The number of carboxylic acid groups (broad SMARTS) is 2. The average molecular weight is 423 g/mol. The first kappa shape index (κ1) is 23.7. The second kappa shape index (κ2) is 9.99. The number of hydrogen-bond acceptors (Lipinski definition) is 4. The first-order chi connectivity index (χ1) is 12.5. The van der Waals surface area contributed by atoms with E-state index in [1.54, 1.807) is 48.5 Å². The molecule has 6 nitrogen and oxygen atoms in total. The topological polar surface area (TPSA) is 100 Å². The predicted molar refractivity (Wildman–Crippen MR) is 96.4 cm³/mol. The van der Waals surface area contributed by atoms with E-state index < -0.39 is 11.9 Å². The number of rotatable bonds is 3. The number of hydrogen-bond donors (Lipinski definition) is 2. The maximum atomic E-state index is 11.6. The quantitative estimate of drug-likeness (QED) is 0.366. The van der Waals surface area contributed by atoms with Crippen LogP contribution >= 0.6 is 0 Å². The molecule has 0 radical (unpaired) electrons. The molecule has 4 aromatic rings. The van der Waals surface area contributed by atoms with E-state index in [0.29, 0.717) is 33.2 Å². The molecule has 0 aliphatic carbocycles. The third-order valence-electron chi connectivity index (χ3n) is 4.16. The Morgan fingerprint density at radius 3 is 1.36 bits per heavy atom. The number of carbonyl (C=O) groups is 2. The van der Waals surface area contributed by atoms with Crippen molar-refractivity contribution in [3.63, 3.8) is 0 Å². The van der Waals surface area contributed by atoms with Crippen LogP contribution < -0.4 is 103 Å². The van der Waals surface area contributed by atoms with E-state index in [1.807, 2.05) is 0 Å². The van der Waals surface area contributed by atoms with Crippen molar-refractivity contribution in [1.29, 1.82) is 0 Å². The van der Waals surface area contributed by atoms with Gasteiger partial charge in [-0.2, -0.15) is 0 Å². The summed E-state index contributed by atoms with van der Waals surface area (Å²) in [6.07, 6.45) is 0. The standard InChI is InChI=1S/C20H12N2O4.2K/c23-19(24)13-9-17(21-15-7-3-1-5-11(13)15)18-10-14(20(25)26)12-6-2-4-8-16(12)22-18;;/h1-10H,(H,23,24)(H,25,26);;/q;2*+1. The van der Waals surface area contributed by atoms with Crippen LogP contribution in [-0.2, 0) is 0 Å². The smallest absolute Gasteiger partial charge is 0.478 e. The molecule has 2 N–H and O–H groups in total. The maximum absolute atomic E-state index is 11.6. The Kier molecular flexibility index (Phi) is 8.47. The first-order valence-corrected chi connectivity index (χ1v) is 7.81. The fraction of sp³-hybridized carbons (Fsp3) is 0. The van der Waals surface area contributed by atoms with Crippen molar-refractivity contribution >= 4 is 33.7 Å². The number of nitrogens with zero attached hydrogens (tertiary/aromatic N) is 2. The minimum atomic E-state index is -1.08. The summed E-state index contributed by atoms with van der Waals surface area (Å²) in [6.45, 7) is 0. The fourth-order valence-electron chi connectivity index (χ4n) is 2.97. The molecule has 28 heavy (non-hydrogen) atoms. The van der Waals surface area contributed by atoms with E-state index in [1.165, 1.54) is 12.1 Å². The van der Waals surface area contributed by atoms with Crippen molar-refractivity contribution in [2.45, 2.75) is 0 Å². The molecule has 0 saturated heterocycles. The SMILES string of the molecule is O=C(O)c1cc(-c2cc(C(=O)O)c3ccccc3n2)nc2ccccc12.[K+].[K+]. The predicted octanol–water partition coefficient (Wildman–Crippen LogP) is -2.15. The van der Waals surface area contributed by atoms with Crippen LogP contribution in [0.25, 0.3) is 33.2 Å². The molecule has 0 bridgehead atoms. The zero-order valence-electron chi connectivity index (χ0n) is 15.4. The van der Waals surface area contributed by atoms with E-state index >= 15 is 0 Å². The number of aromatic nitrogens is 2. The molecule has 8 heteroatoms. The number of aromatic carboxylic acids is 2. The van der Waals surface area contributed by atoms with Crippen molar-refractivity contribution in [2.24, 2.45) is 0 Å². The molecule has 2 aromatic heterocycles. The molecule has 0 amide bonds. The summed E-state index contributed by atoms with van der Waals surface area (Å²) in [5.41, 5.74) is 1.84. The molecule has 2 heterocycles. The van der Waals surface area contributed by atoms with Crippen LogP contribution in [0, 0.1) is 0 Å². The molecule has 0 saturated carbocycles. The summed E-state index contributed by atoms with van der Waals surface area (Å²) in [7, 11) is 0. The Labute approximate surface area is 245 Å². The fourth-order valence-corrected chi connectivity index (χ4v) is 2.97. The van der Waals surface area contributed by atoms with Crippen LogP contribution in [0.15, 0.2) is 60.7 Å². The average Bonchev–Trinajstić information content (AvgIpc) is 2.66. The molecule has 0 unspecified atom stereocenters. The second-order valence-corrected chi connectivity index (χ2v) is 5.75. The van der Waals surface area contributed by atoms with Crippen LogP contribution in [0.1, 0.15) is 20.7 Å². The molecule has 126 valence electrons. The molecular weight excluding hydrogens is 410 g/mol. The van der Waals surface area contributed by atoms with E-state index in [0.717, 1.165) is 0 Å². The van der Waals surface area contributed by atoms with Crippen molar-refractivity contribution in [2.75, 3.05) is 0 Å².